The van der Waals surface area contributed by atoms with Crippen LogP contribution in [0.5, 0.6) is 0 Å². The fraction of sp³-hybridized carbons (Fsp3) is 0.409. The molecule has 1 atom stereocenters. The maximum Gasteiger partial charge on any atom is 0.340 e. The van der Waals surface area contributed by atoms with Crippen LogP contribution in [0.3, 0.4) is 0 Å². The Bertz CT molecular complexity index is 820. The molecule has 0 aliphatic carbocycles. The van der Waals surface area contributed by atoms with Crippen LogP contribution in [0.25, 0.3) is 0 Å². The molecule has 3 rings (SSSR count). The van der Waals surface area contributed by atoms with E-state index in [0.29, 0.717) is 35.3 Å². The van der Waals surface area contributed by atoms with Crippen molar-refractivity contribution in [3.05, 3.63) is 53.9 Å². The summed E-state index contributed by atoms with van der Waals surface area (Å²) in [6, 6.07) is 11.0. The van der Waals surface area contributed by atoms with E-state index in [-0.39, 0.29) is 11.9 Å². The Morgan fingerprint density at radius 1 is 1.18 bits per heavy atom. The monoisotopic (exact) mass is 381 g/mol. The standard InChI is InChI=1S/C22H27N3O3/c1-3-17-9-7-8-14-25(17)21(26)20-13-12-16(15-23-20)24-19-11-6-5-10-18(19)22(27)28-4-2/h5-6,10-13,15,17,24H,3-4,7-9,14H2,1-2H3. The van der Waals surface area contributed by atoms with E-state index in [1.54, 1.807) is 31.3 Å². The van der Waals surface area contributed by atoms with Crippen molar-refractivity contribution in [2.45, 2.75) is 45.6 Å². The Labute approximate surface area is 165 Å². The van der Waals surface area contributed by atoms with Gasteiger partial charge in [0.2, 0.25) is 0 Å². The number of anilines is 2. The van der Waals surface area contributed by atoms with Crippen molar-refractivity contribution >= 4 is 23.3 Å². The lowest BCUT2D eigenvalue weighted by Gasteiger charge is -2.35. The number of carbonyl (C=O) groups excluding carboxylic acids is 2. The van der Waals surface area contributed by atoms with Crippen LogP contribution in [0.2, 0.25) is 0 Å². The first-order chi connectivity index (χ1) is 13.6. The summed E-state index contributed by atoms with van der Waals surface area (Å²) in [6.07, 6.45) is 5.88. The van der Waals surface area contributed by atoms with Gasteiger partial charge < -0.3 is 15.0 Å². The number of esters is 1. The molecule has 1 aromatic carbocycles. The lowest BCUT2D eigenvalue weighted by molar-refractivity contribution is 0.0526. The summed E-state index contributed by atoms with van der Waals surface area (Å²) in [4.78, 5) is 31.3. The zero-order valence-electron chi connectivity index (χ0n) is 16.5. The lowest BCUT2D eigenvalue weighted by Crippen LogP contribution is -2.43. The second-order valence-corrected chi connectivity index (χ2v) is 6.88. The molecule has 1 fully saturated rings. The SMILES string of the molecule is CCOC(=O)c1ccccc1Nc1ccc(C(=O)N2CCCCC2CC)nc1. The zero-order chi connectivity index (χ0) is 19.9. The van der Waals surface area contributed by atoms with Gasteiger partial charge in [-0.2, -0.15) is 0 Å². The highest BCUT2D eigenvalue weighted by Gasteiger charge is 2.26. The van der Waals surface area contributed by atoms with Gasteiger partial charge in [0.15, 0.2) is 0 Å². The fourth-order valence-electron chi connectivity index (χ4n) is 3.57. The highest BCUT2D eigenvalue weighted by molar-refractivity contribution is 5.96. The molecule has 0 spiro atoms. The summed E-state index contributed by atoms with van der Waals surface area (Å²) in [5, 5.41) is 3.19. The summed E-state index contributed by atoms with van der Waals surface area (Å²) in [5.74, 6) is -0.383. The maximum atomic E-state index is 12.8. The number of amides is 1. The first-order valence-electron chi connectivity index (χ1n) is 9.94. The number of nitrogens with one attached hydrogen (secondary N) is 1. The molecule has 1 amide bonds. The fourth-order valence-corrected chi connectivity index (χ4v) is 3.57. The molecule has 2 aromatic rings. The predicted molar refractivity (Wildman–Crippen MR) is 109 cm³/mol. The Kier molecular flexibility index (Phi) is 6.63. The van der Waals surface area contributed by atoms with E-state index in [1.807, 2.05) is 23.1 Å². The number of benzene rings is 1. The average Bonchev–Trinajstić information content (AvgIpc) is 2.74. The van der Waals surface area contributed by atoms with E-state index in [0.717, 1.165) is 25.8 Å². The minimum Gasteiger partial charge on any atom is -0.462 e. The molecule has 2 heterocycles. The average molecular weight is 381 g/mol. The number of aromatic nitrogens is 1. The van der Waals surface area contributed by atoms with Gasteiger partial charge in [-0.3, -0.25) is 4.79 Å². The van der Waals surface area contributed by atoms with Gasteiger partial charge in [-0.25, -0.2) is 9.78 Å². The van der Waals surface area contributed by atoms with Crippen molar-refractivity contribution in [2.24, 2.45) is 0 Å². The second-order valence-electron chi connectivity index (χ2n) is 6.88. The molecular weight excluding hydrogens is 354 g/mol. The van der Waals surface area contributed by atoms with Gasteiger partial charge in [0.25, 0.3) is 5.91 Å². The van der Waals surface area contributed by atoms with Gasteiger partial charge in [0.05, 0.1) is 29.7 Å². The van der Waals surface area contributed by atoms with Gasteiger partial charge in [-0.15, -0.1) is 0 Å². The minimum absolute atomic E-state index is 0.00924. The summed E-state index contributed by atoms with van der Waals surface area (Å²) >= 11 is 0. The Balaban J connectivity index is 1.73. The second kappa shape index (κ2) is 9.35. The van der Waals surface area contributed by atoms with E-state index in [9.17, 15) is 9.59 Å². The van der Waals surface area contributed by atoms with Crippen molar-refractivity contribution in [2.75, 3.05) is 18.5 Å². The van der Waals surface area contributed by atoms with Gasteiger partial charge in [-0.1, -0.05) is 19.1 Å². The number of para-hydroxylation sites is 1. The largest absolute Gasteiger partial charge is 0.462 e. The quantitative estimate of drug-likeness (QED) is 0.751. The third-order valence-corrected chi connectivity index (χ3v) is 5.04. The van der Waals surface area contributed by atoms with Gasteiger partial charge in [0.1, 0.15) is 5.69 Å². The summed E-state index contributed by atoms with van der Waals surface area (Å²) in [6.45, 7) is 5.02. The van der Waals surface area contributed by atoms with Crippen LogP contribution >= 0.6 is 0 Å². The van der Waals surface area contributed by atoms with Crippen LogP contribution in [-0.4, -0.2) is 41.0 Å². The number of ether oxygens (including phenoxy) is 1. The van der Waals surface area contributed by atoms with E-state index < -0.39 is 0 Å². The number of rotatable bonds is 6. The van der Waals surface area contributed by atoms with E-state index in [1.165, 1.54) is 6.42 Å². The number of likely N-dealkylation sites (tertiary alicyclic amines) is 1. The first-order valence-corrected chi connectivity index (χ1v) is 9.94. The van der Waals surface area contributed by atoms with Crippen molar-refractivity contribution in [3.8, 4) is 0 Å². The minimum atomic E-state index is -0.374. The molecule has 1 aromatic heterocycles. The van der Waals surface area contributed by atoms with Crippen LogP contribution in [0, 0.1) is 0 Å². The third kappa shape index (κ3) is 4.50. The van der Waals surface area contributed by atoms with E-state index in [4.69, 9.17) is 4.74 Å². The Hall–Kier alpha value is -2.89. The topological polar surface area (TPSA) is 71.5 Å². The number of nitrogens with zero attached hydrogens (tertiary/aromatic N) is 2. The molecule has 1 aliphatic rings. The summed E-state index contributed by atoms with van der Waals surface area (Å²) in [5.41, 5.74) is 2.26. The maximum absolute atomic E-state index is 12.8. The van der Waals surface area contributed by atoms with Crippen LogP contribution in [-0.2, 0) is 4.74 Å². The number of carbonyl (C=O) groups is 2. The predicted octanol–water partition coefficient (Wildman–Crippen LogP) is 4.41. The molecule has 1 N–H and O–H groups in total. The molecule has 0 radical (unpaired) electrons. The van der Waals surface area contributed by atoms with Crippen LogP contribution in [0.4, 0.5) is 11.4 Å². The molecule has 1 aliphatic heterocycles. The van der Waals surface area contributed by atoms with E-state index in [2.05, 4.69) is 17.2 Å². The van der Waals surface area contributed by atoms with Crippen LogP contribution in [0.1, 0.15) is 60.4 Å². The number of piperidine rings is 1. The molecular formula is C22H27N3O3. The highest BCUT2D eigenvalue weighted by atomic mass is 16.5. The summed E-state index contributed by atoms with van der Waals surface area (Å²) < 4.78 is 5.10. The lowest BCUT2D eigenvalue weighted by atomic mass is 9.99. The Morgan fingerprint density at radius 3 is 2.71 bits per heavy atom. The molecule has 1 unspecified atom stereocenters. The smallest absolute Gasteiger partial charge is 0.340 e. The normalized spacial score (nSPS) is 16.5. The van der Waals surface area contributed by atoms with Gasteiger partial charge >= 0.3 is 5.97 Å². The molecule has 6 nitrogen and oxygen atoms in total. The molecule has 28 heavy (non-hydrogen) atoms. The number of hydrogen-bond acceptors (Lipinski definition) is 5. The number of pyridine rings is 1. The van der Waals surface area contributed by atoms with Gasteiger partial charge in [0, 0.05) is 12.6 Å². The van der Waals surface area contributed by atoms with Crippen molar-refractivity contribution in [3.63, 3.8) is 0 Å². The first kappa shape index (κ1) is 19.9. The van der Waals surface area contributed by atoms with Gasteiger partial charge in [-0.05, 0) is 56.9 Å². The zero-order valence-corrected chi connectivity index (χ0v) is 16.5. The van der Waals surface area contributed by atoms with Crippen LogP contribution in [0.15, 0.2) is 42.6 Å². The van der Waals surface area contributed by atoms with Crippen molar-refractivity contribution < 1.29 is 14.3 Å². The molecule has 0 saturated carbocycles. The molecule has 0 bridgehead atoms. The van der Waals surface area contributed by atoms with Crippen LogP contribution < -0.4 is 5.32 Å². The molecule has 148 valence electrons. The molecule has 6 heteroatoms. The van der Waals surface area contributed by atoms with Crippen molar-refractivity contribution in [1.82, 2.24) is 9.88 Å². The third-order valence-electron chi connectivity index (χ3n) is 5.04. The number of hydrogen-bond donors (Lipinski definition) is 1. The highest BCUT2D eigenvalue weighted by Crippen LogP contribution is 2.23. The van der Waals surface area contributed by atoms with E-state index >= 15 is 0 Å². The molecule has 1 saturated heterocycles. The van der Waals surface area contributed by atoms with Crippen molar-refractivity contribution in [1.29, 1.82) is 0 Å². The summed E-state index contributed by atoms with van der Waals surface area (Å²) in [7, 11) is 0. The Morgan fingerprint density at radius 2 is 2.00 bits per heavy atom.